The number of likely N-dealkylation sites (tertiary alicyclic amines) is 1. The van der Waals surface area contributed by atoms with Crippen LogP contribution in [0.4, 0.5) is 0 Å². The summed E-state index contributed by atoms with van der Waals surface area (Å²) in [6, 6.07) is 1.94. The van der Waals surface area contributed by atoms with Gasteiger partial charge in [0.25, 0.3) is 0 Å². The molecule has 0 aromatic carbocycles. The number of nitrogens with one attached hydrogen (secondary N) is 2. The molecule has 7 nitrogen and oxygen atoms in total. The second-order valence-corrected chi connectivity index (χ2v) is 5.17. The van der Waals surface area contributed by atoms with Crippen LogP contribution < -0.4 is 10.6 Å². The van der Waals surface area contributed by atoms with Gasteiger partial charge >= 0.3 is 0 Å². The zero-order valence-corrected chi connectivity index (χ0v) is 15.5. The molecule has 0 atom stereocenters. The SMILES string of the molecule is CN=C(NCC(=O)N1CCCCC1)NCc1ccnn1C.I. The summed E-state index contributed by atoms with van der Waals surface area (Å²) in [7, 11) is 3.59. The van der Waals surface area contributed by atoms with E-state index in [9.17, 15) is 4.79 Å². The molecule has 0 radical (unpaired) electrons. The third-order valence-electron chi connectivity index (χ3n) is 3.70. The Kier molecular flexibility index (Phi) is 8.21. The van der Waals surface area contributed by atoms with Gasteiger partial charge in [0.15, 0.2) is 5.96 Å². The lowest BCUT2D eigenvalue weighted by Crippen LogP contribution is -2.45. The first-order valence-corrected chi connectivity index (χ1v) is 7.40. The lowest BCUT2D eigenvalue weighted by molar-refractivity contribution is -0.130. The number of carbonyl (C=O) groups is 1. The number of aryl methyl sites for hydroxylation is 1. The number of amides is 1. The Morgan fingerprint density at radius 2 is 2.05 bits per heavy atom. The van der Waals surface area contributed by atoms with Crippen LogP contribution in [0.15, 0.2) is 17.3 Å². The van der Waals surface area contributed by atoms with Crippen molar-refractivity contribution in [1.29, 1.82) is 0 Å². The number of aliphatic imine (C=N–C) groups is 1. The number of rotatable bonds is 4. The third kappa shape index (κ3) is 5.47. The number of halogens is 1. The van der Waals surface area contributed by atoms with Gasteiger partial charge in [0, 0.05) is 33.4 Å². The summed E-state index contributed by atoms with van der Waals surface area (Å²) in [5.74, 6) is 0.764. The zero-order chi connectivity index (χ0) is 15.1. The smallest absolute Gasteiger partial charge is 0.241 e. The summed E-state index contributed by atoms with van der Waals surface area (Å²) in [5.41, 5.74) is 1.06. The van der Waals surface area contributed by atoms with Gasteiger partial charge in [-0.25, -0.2) is 0 Å². The summed E-state index contributed by atoms with van der Waals surface area (Å²) < 4.78 is 1.80. The van der Waals surface area contributed by atoms with Crippen molar-refractivity contribution < 1.29 is 4.79 Å². The summed E-state index contributed by atoms with van der Waals surface area (Å²) >= 11 is 0. The van der Waals surface area contributed by atoms with E-state index in [1.54, 1.807) is 17.9 Å². The van der Waals surface area contributed by atoms with Crippen LogP contribution in [0.5, 0.6) is 0 Å². The van der Waals surface area contributed by atoms with Crippen LogP contribution in [-0.2, 0) is 18.4 Å². The molecule has 2 heterocycles. The minimum absolute atomic E-state index is 0. The topological polar surface area (TPSA) is 74.6 Å². The molecule has 22 heavy (non-hydrogen) atoms. The van der Waals surface area contributed by atoms with E-state index in [1.165, 1.54) is 6.42 Å². The molecule has 1 fully saturated rings. The van der Waals surface area contributed by atoms with Crippen LogP contribution in [0.3, 0.4) is 0 Å². The standard InChI is InChI=1S/C14H24N6O.HI/c1-15-14(16-10-12-6-7-18-19(12)2)17-11-13(21)20-8-4-3-5-9-20;/h6-7H,3-5,8-11H2,1-2H3,(H2,15,16,17);1H. The number of aromatic nitrogens is 2. The lowest BCUT2D eigenvalue weighted by Gasteiger charge is -2.27. The highest BCUT2D eigenvalue weighted by atomic mass is 127. The van der Waals surface area contributed by atoms with E-state index in [0.717, 1.165) is 31.6 Å². The fourth-order valence-corrected chi connectivity index (χ4v) is 2.38. The van der Waals surface area contributed by atoms with Gasteiger partial charge in [-0.15, -0.1) is 24.0 Å². The quantitative estimate of drug-likeness (QED) is 0.428. The average Bonchev–Trinajstić information content (AvgIpc) is 2.93. The van der Waals surface area contributed by atoms with Crippen LogP contribution in [0, 0.1) is 0 Å². The fraction of sp³-hybridized carbons (Fsp3) is 0.643. The Morgan fingerprint density at radius 1 is 1.32 bits per heavy atom. The van der Waals surface area contributed by atoms with Gasteiger partial charge in [-0.1, -0.05) is 0 Å². The van der Waals surface area contributed by atoms with Crippen molar-refractivity contribution in [3.63, 3.8) is 0 Å². The van der Waals surface area contributed by atoms with E-state index in [4.69, 9.17) is 0 Å². The number of nitrogens with zero attached hydrogens (tertiary/aromatic N) is 4. The van der Waals surface area contributed by atoms with Crippen molar-refractivity contribution in [2.24, 2.45) is 12.0 Å². The molecule has 1 amide bonds. The molecule has 2 rings (SSSR count). The molecule has 124 valence electrons. The van der Waals surface area contributed by atoms with Crippen LogP contribution in [0.2, 0.25) is 0 Å². The first-order chi connectivity index (χ1) is 10.2. The highest BCUT2D eigenvalue weighted by Crippen LogP contribution is 2.08. The normalized spacial score (nSPS) is 15.2. The van der Waals surface area contributed by atoms with Gasteiger partial charge in [-0.2, -0.15) is 5.10 Å². The van der Waals surface area contributed by atoms with E-state index in [0.29, 0.717) is 12.5 Å². The maximum atomic E-state index is 12.1. The number of hydrogen-bond acceptors (Lipinski definition) is 3. The number of hydrogen-bond donors (Lipinski definition) is 2. The summed E-state index contributed by atoms with van der Waals surface area (Å²) in [5, 5.41) is 10.4. The van der Waals surface area contributed by atoms with Crippen molar-refractivity contribution in [3.8, 4) is 0 Å². The second-order valence-electron chi connectivity index (χ2n) is 5.17. The van der Waals surface area contributed by atoms with Crippen LogP contribution in [-0.4, -0.2) is 53.2 Å². The molecule has 0 aliphatic carbocycles. The van der Waals surface area contributed by atoms with E-state index in [2.05, 4.69) is 20.7 Å². The van der Waals surface area contributed by atoms with Crippen molar-refractivity contribution in [3.05, 3.63) is 18.0 Å². The molecule has 8 heteroatoms. The summed E-state index contributed by atoms with van der Waals surface area (Å²) in [6.07, 6.45) is 5.20. The highest BCUT2D eigenvalue weighted by molar-refractivity contribution is 14.0. The Labute approximate surface area is 148 Å². The van der Waals surface area contributed by atoms with Crippen molar-refractivity contribution in [2.75, 3.05) is 26.7 Å². The van der Waals surface area contributed by atoms with E-state index >= 15 is 0 Å². The number of guanidine groups is 1. The Bertz CT molecular complexity index is 495. The largest absolute Gasteiger partial charge is 0.351 e. The molecule has 1 aliphatic rings. The second kappa shape index (κ2) is 9.65. The number of carbonyl (C=O) groups excluding carboxylic acids is 1. The molecule has 0 bridgehead atoms. The minimum Gasteiger partial charge on any atom is -0.351 e. The van der Waals surface area contributed by atoms with Crippen LogP contribution in [0.25, 0.3) is 0 Å². The predicted octanol–water partition coefficient (Wildman–Crippen LogP) is 0.716. The number of piperidine rings is 1. The van der Waals surface area contributed by atoms with Crippen LogP contribution >= 0.6 is 24.0 Å². The lowest BCUT2D eigenvalue weighted by atomic mass is 10.1. The fourth-order valence-electron chi connectivity index (χ4n) is 2.38. The molecular formula is C14H25IN6O. The minimum atomic E-state index is 0. The first-order valence-electron chi connectivity index (χ1n) is 7.40. The molecule has 0 unspecified atom stereocenters. The van der Waals surface area contributed by atoms with Gasteiger partial charge < -0.3 is 15.5 Å². The molecular weight excluding hydrogens is 395 g/mol. The molecule has 1 saturated heterocycles. The van der Waals surface area contributed by atoms with Crippen molar-refractivity contribution in [1.82, 2.24) is 25.3 Å². The van der Waals surface area contributed by atoms with E-state index in [1.807, 2.05) is 18.0 Å². The summed E-state index contributed by atoms with van der Waals surface area (Å²) in [4.78, 5) is 18.1. The maximum Gasteiger partial charge on any atom is 0.241 e. The average molecular weight is 420 g/mol. The summed E-state index contributed by atoms with van der Waals surface area (Å²) in [6.45, 7) is 2.66. The molecule has 1 aromatic rings. The van der Waals surface area contributed by atoms with Gasteiger partial charge in [0.1, 0.15) is 0 Å². The molecule has 0 saturated carbocycles. The third-order valence-corrected chi connectivity index (χ3v) is 3.70. The Hall–Kier alpha value is -1.32. The molecule has 1 aromatic heterocycles. The highest BCUT2D eigenvalue weighted by Gasteiger charge is 2.16. The van der Waals surface area contributed by atoms with Gasteiger partial charge in [-0.05, 0) is 25.3 Å². The van der Waals surface area contributed by atoms with Gasteiger partial charge in [-0.3, -0.25) is 14.5 Å². The van der Waals surface area contributed by atoms with Crippen molar-refractivity contribution >= 4 is 35.8 Å². The predicted molar refractivity (Wildman–Crippen MR) is 97.3 cm³/mol. The van der Waals surface area contributed by atoms with Gasteiger partial charge in [0.2, 0.25) is 5.91 Å². The first kappa shape index (κ1) is 18.7. The maximum absolute atomic E-state index is 12.1. The zero-order valence-electron chi connectivity index (χ0n) is 13.2. The van der Waals surface area contributed by atoms with E-state index in [-0.39, 0.29) is 36.4 Å². The Balaban J connectivity index is 0.00000242. The molecule has 0 spiro atoms. The van der Waals surface area contributed by atoms with Crippen molar-refractivity contribution in [2.45, 2.75) is 25.8 Å². The van der Waals surface area contributed by atoms with E-state index < -0.39 is 0 Å². The monoisotopic (exact) mass is 420 g/mol. The Morgan fingerprint density at radius 3 is 2.64 bits per heavy atom. The van der Waals surface area contributed by atoms with Crippen LogP contribution in [0.1, 0.15) is 25.0 Å². The van der Waals surface area contributed by atoms with Gasteiger partial charge in [0.05, 0.1) is 18.8 Å². The molecule has 1 aliphatic heterocycles. The molecule has 2 N–H and O–H groups in total.